The molecule has 1 rings (SSSR count). The molecule has 4 nitrogen and oxygen atoms in total. The third-order valence-electron chi connectivity index (χ3n) is 3.79. The van der Waals surface area contributed by atoms with Crippen LogP contribution in [0.25, 0.3) is 0 Å². The Morgan fingerprint density at radius 1 is 1.26 bits per heavy atom. The summed E-state index contributed by atoms with van der Waals surface area (Å²) in [7, 11) is 0. The lowest BCUT2D eigenvalue weighted by Crippen LogP contribution is -2.39. The molecule has 0 bridgehead atoms. The van der Waals surface area contributed by atoms with Crippen molar-refractivity contribution < 1.29 is 4.74 Å². The van der Waals surface area contributed by atoms with E-state index in [4.69, 9.17) is 4.74 Å². The first-order valence-corrected chi connectivity index (χ1v) is 7.93. The molecule has 0 amide bonds. The SMILES string of the molecule is CCNC(=NCC(CC)CC)NCCC1CCCO1. The predicted octanol–water partition coefficient (Wildman–Crippen LogP) is 2.55. The zero-order valence-electron chi connectivity index (χ0n) is 12.9. The average molecular weight is 269 g/mol. The van der Waals surface area contributed by atoms with Crippen molar-refractivity contribution in [1.29, 1.82) is 0 Å². The van der Waals surface area contributed by atoms with Crippen molar-refractivity contribution in [2.24, 2.45) is 10.9 Å². The van der Waals surface area contributed by atoms with Crippen molar-refractivity contribution in [2.75, 3.05) is 26.2 Å². The van der Waals surface area contributed by atoms with Gasteiger partial charge in [0.2, 0.25) is 0 Å². The fraction of sp³-hybridized carbons (Fsp3) is 0.933. The summed E-state index contributed by atoms with van der Waals surface area (Å²) in [5.41, 5.74) is 0. The Bertz CT molecular complexity index is 246. The highest BCUT2D eigenvalue weighted by Gasteiger charge is 2.14. The minimum absolute atomic E-state index is 0.453. The maximum atomic E-state index is 5.63. The van der Waals surface area contributed by atoms with E-state index in [1.807, 2.05) is 0 Å². The first kappa shape index (κ1) is 16.3. The van der Waals surface area contributed by atoms with Crippen LogP contribution in [0.4, 0.5) is 0 Å². The Morgan fingerprint density at radius 3 is 2.63 bits per heavy atom. The summed E-state index contributed by atoms with van der Waals surface area (Å²) in [6.07, 6.45) is 6.37. The Kier molecular flexibility index (Phi) is 8.63. The standard InChI is InChI=1S/C15H31N3O/c1-4-13(5-2)12-18-15(16-6-3)17-10-9-14-8-7-11-19-14/h13-14H,4-12H2,1-3H3,(H2,16,17,18). The van der Waals surface area contributed by atoms with Gasteiger partial charge in [0.25, 0.3) is 0 Å². The van der Waals surface area contributed by atoms with Crippen LogP contribution in [-0.4, -0.2) is 38.3 Å². The van der Waals surface area contributed by atoms with Gasteiger partial charge in [0.15, 0.2) is 5.96 Å². The van der Waals surface area contributed by atoms with Gasteiger partial charge in [0.05, 0.1) is 6.10 Å². The minimum atomic E-state index is 0.453. The van der Waals surface area contributed by atoms with Crippen LogP contribution in [0.3, 0.4) is 0 Å². The van der Waals surface area contributed by atoms with Crippen molar-refractivity contribution in [3.05, 3.63) is 0 Å². The summed E-state index contributed by atoms with van der Waals surface area (Å²) >= 11 is 0. The Labute approximate surface area is 118 Å². The molecule has 0 radical (unpaired) electrons. The van der Waals surface area contributed by atoms with Crippen molar-refractivity contribution in [3.63, 3.8) is 0 Å². The van der Waals surface area contributed by atoms with E-state index in [0.29, 0.717) is 12.0 Å². The van der Waals surface area contributed by atoms with Gasteiger partial charge in [0, 0.05) is 26.2 Å². The number of aliphatic imine (C=N–C) groups is 1. The second-order valence-electron chi connectivity index (χ2n) is 5.25. The molecule has 112 valence electrons. The van der Waals surface area contributed by atoms with Crippen LogP contribution in [0.5, 0.6) is 0 Å². The third-order valence-corrected chi connectivity index (χ3v) is 3.79. The van der Waals surface area contributed by atoms with Gasteiger partial charge in [-0.25, -0.2) is 0 Å². The van der Waals surface area contributed by atoms with E-state index in [9.17, 15) is 0 Å². The van der Waals surface area contributed by atoms with Gasteiger partial charge in [-0.3, -0.25) is 4.99 Å². The molecule has 0 aromatic rings. The third kappa shape index (κ3) is 6.81. The number of rotatable bonds is 8. The molecule has 0 aromatic carbocycles. The van der Waals surface area contributed by atoms with Crippen LogP contribution in [0, 0.1) is 5.92 Å². The molecule has 0 aromatic heterocycles. The van der Waals surface area contributed by atoms with E-state index >= 15 is 0 Å². The van der Waals surface area contributed by atoms with E-state index in [-0.39, 0.29) is 0 Å². The van der Waals surface area contributed by atoms with Gasteiger partial charge in [-0.2, -0.15) is 0 Å². The van der Waals surface area contributed by atoms with Crippen molar-refractivity contribution in [1.82, 2.24) is 10.6 Å². The van der Waals surface area contributed by atoms with Crippen LogP contribution in [-0.2, 0) is 4.74 Å². The first-order valence-electron chi connectivity index (χ1n) is 7.93. The first-order chi connectivity index (χ1) is 9.30. The molecule has 0 spiro atoms. The predicted molar refractivity (Wildman–Crippen MR) is 81.6 cm³/mol. The highest BCUT2D eigenvalue weighted by atomic mass is 16.5. The molecule has 1 heterocycles. The molecular formula is C15H31N3O. The van der Waals surface area contributed by atoms with Gasteiger partial charge in [0.1, 0.15) is 0 Å². The Morgan fingerprint density at radius 2 is 2.05 bits per heavy atom. The summed E-state index contributed by atoms with van der Waals surface area (Å²) in [5, 5.41) is 6.72. The monoisotopic (exact) mass is 269 g/mol. The maximum Gasteiger partial charge on any atom is 0.191 e. The quantitative estimate of drug-likeness (QED) is 0.526. The fourth-order valence-electron chi connectivity index (χ4n) is 2.33. The zero-order valence-corrected chi connectivity index (χ0v) is 12.9. The highest BCUT2D eigenvalue weighted by Crippen LogP contribution is 2.14. The van der Waals surface area contributed by atoms with Gasteiger partial charge in [-0.15, -0.1) is 0 Å². The van der Waals surface area contributed by atoms with Crippen LogP contribution in [0.2, 0.25) is 0 Å². The van der Waals surface area contributed by atoms with Crippen molar-refractivity contribution in [2.45, 2.75) is 59.0 Å². The molecule has 0 aliphatic carbocycles. The average Bonchev–Trinajstić information content (AvgIpc) is 2.93. The molecule has 1 fully saturated rings. The lowest BCUT2D eigenvalue weighted by molar-refractivity contribution is 0.105. The molecule has 2 N–H and O–H groups in total. The molecule has 1 atom stereocenters. The van der Waals surface area contributed by atoms with Gasteiger partial charge >= 0.3 is 0 Å². The summed E-state index contributed by atoms with van der Waals surface area (Å²) in [4.78, 5) is 4.67. The van der Waals surface area contributed by atoms with E-state index in [0.717, 1.165) is 38.6 Å². The smallest absolute Gasteiger partial charge is 0.191 e. The molecule has 1 unspecified atom stereocenters. The topological polar surface area (TPSA) is 45.7 Å². The second-order valence-corrected chi connectivity index (χ2v) is 5.25. The van der Waals surface area contributed by atoms with Crippen molar-refractivity contribution in [3.8, 4) is 0 Å². The van der Waals surface area contributed by atoms with E-state index in [1.54, 1.807) is 0 Å². The lowest BCUT2D eigenvalue weighted by Gasteiger charge is -2.15. The van der Waals surface area contributed by atoms with Crippen LogP contribution < -0.4 is 10.6 Å². The van der Waals surface area contributed by atoms with E-state index in [1.165, 1.54) is 25.7 Å². The van der Waals surface area contributed by atoms with E-state index < -0.39 is 0 Å². The molecule has 1 aliphatic rings. The van der Waals surface area contributed by atoms with Crippen LogP contribution in [0.1, 0.15) is 52.9 Å². The number of hydrogen-bond donors (Lipinski definition) is 2. The van der Waals surface area contributed by atoms with Gasteiger partial charge < -0.3 is 15.4 Å². The number of nitrogens with zero attached hydrogens (tertiary/aromatic N) is 1. The zero-order chi connectivity index (χ0) is 13.9. The molecule has 1 saturated heterocycles. The number of hydrogen-bond acceptors (Lipinski definition) is 2. The molecular weight excluding hydrogens is 238 g/mol. The Hall–Kier alpha value is -0.770. The second kappa shape index (κ2) is 10.1. The summed E-state index contributed by atoms with van der Waals surface area (Å²) in [6, 6.07) is 0. The largest absolute Gasteiger partial charge is 0.378 e. The molecule has 0 saturated carbocycles. The van der Waals surface area contributed by atoms with Gasteiger partial charge in [-0.1, -0.05) is 26.7 Å². The lowest BCUT2D eigenvalue weighted by atomic mass is 10.0. The molecule has 4 heteroatoms. The van der Waals surface area contributed by atoms with Crippen LogP contribution >= 0.6 is 0 Å². The molecule has 1 aliphatic heterocycles. The number of nitrogens with one attached hydrogen (secondary N) is 2. The number of guanidine groups is 1. The fourth-order valence-corrected chi connectivity index (χ4v) is 2.33. The number of ether oxygens (including phenoxy) is 1. The Balaban J connectivity index is 2.27. The normalized spacial score (nSPS) is 20.0. The van der Waals surface area contributed by atoms with Crippen LogP contribution in [0.15, 0.2) is 4.99 Å². The van der Waals surface area contributed by atoms with Crippen molar-refractivity contribution >= 4 is 5.96 Å². The summed E-state index contributed by atoms with van der Waals surface area (Å²) in [6.45, 7) is 10.3. The minimum Gasteiger partial charge on any atom is -0.378 e. The van der Waals surface area contributed by atoms with Gasteiger partial charge in [-0.05, 0) is 32.1 Å². The summed E-state index contributed by atoms with van der Waals surface area (Å²) in [5.74, 6) is 1.65. The maximum absolute atomic E-state index is 5.63. The summed E-state index contributed by atoms with van der Waals surface area (Å²) < 4.78 is 5.63. The highest BCUT2D eigenvalue weighted by molar-refractivity contribution is 5.79. The van der Waals surface area contributed by atoms with E-state index in [2.05, 4.69) is 36.4 Å². The molecule has 19 heavy (non-hydrogen) atoms.